The van der Waals surface area contributed by atoms with Crippen LogP contribution in [-0.4, -0.2) is 40.1 Å². The van der Waals surface area contributed by atoms with Gasteiger partial charge in [0.25, 0.3) is 11.7 Å². The fourth-order valence-corrected chi connectivity index (χ4v) is 4.61. The Balaban J connectivity index is 1.50. The smallest absolute Gasteiger partial charge is 0.292 e. The molecular weight excluding hydrogens is 488 g/mol. The van der Waals surface area contributed by atoms with Crippen molar-refractivity contribution in [2.45, 2.75) is 38.5 Å². The molecule has 2 atom stereocenters. The van der Waals surface area contributed by atoms with E-state index < -0.39 is 35.5 Å². The lowest BCUT2D eigenvalue weighted by atomic mass is 9.99. The molecule has 1 amide bonds. The molecule has 8 heteroatoms. The highest BCUT2D eigenvalue weighted by Gasteiger charge is 2.27. The Kier molecular flexibility index (Phi) is 8.66. The third-order valence-electron chi connectivity index (χ3n) is 6.59. The standard InChI is InChI=1S/C30H31F2N3O3/c1-3-19-7-6-8-20(11-19)16-33-17-28(36)26(14-21-12-22(31)15-23(32)13-21)34-30(38)29(37)25-18-35(2)27-10-5-4-9-24(25)27/h4-13,15,18,26,28,33,36H,3,14,16-17H2,1-2H3,(H,34,38)/t26-,28-/m0/s1. The first-order valence-corrected chi connectivity index (χ1v) is 12.6. The van der Waals surface area contributed by atoms with Crippen LogP contribution in [0.2, 0.25) is 0 Å². The molecule has 6 nitrogen and oxygen atoms in total. The molecule has 0 spiro atoms. The zero-order valence-electron chi connectivity index (χ0n) is 21.4. The van der Waals surface area contributed by atoms with Crippen molar-refractivity contribution in [2.24, 2.45) is 7.05 Å². The first-order valence-electron chi connectivity index (χ1n) is 12.6. The largest absolute Gasteiger partial charge is 0.390 e. The Morgan fingerprint density at radius 3 is 2.39 bits per heavy atom. The number of carbonyl (C=O) groups excluding carboxylic acids is 2. The summed E-state index contributed by atoms with van der Waals surface area (Å²) in [6.07, 6.45) is 1.28. The van der Waals surface area contributed by atoms with Crippen LogP contribution in [0, 0.1) is 11.6 Å². The highest BCUT2D eigenvalue weighted by molar-refractivity contribution is 6.45. The summed E-state index contributed by atoms with van der Waals surface area (Å²) in [5, 5.41) is 17.4. The molecule has 0 unspecified atom stereocenters. The van der Waals surface area contributed by atoms with Gasteiger partial charge in [-0.05, 0) is 47.7 Å². The van der Waals surface area contributed by atoms with Gasteiger partial charge in [-0.2, -0.15) is 0 Å². The average Bonchev–Trinajstić information content (AvgIpc) is 3.23. The van der Waals surface area contributed by atoms with Crippen LogP contribution < -0.4 is 10.6 Å². The molecular formula is C30H31F2N3O3. The monoisotopic (exact) mass is 519 g/mol. The van der Waals surface area contributed by atoms with E-state index in [0.29, 0.717) is 11.9 Å². The summed E-state index contributed by atoms with van der Waals surface area (Å²) >= 11 is 0. The number of aliphatic hydroxyl groups excluding tert-OH is 1. The zero-order chi connectivity index (χ0) is 27.2. The van der Waals surface area contributed by atoms with Crippen molar-refractivity contribution in [3.8, 4) is 0 Å². The van der Waals surface area contributed by atoms with Crippen molar-refractivity contribution in [3.63, 3.8) is 0 Å². The lowest BCUT2D eigenvalue weighted by Gasteiger charge is -2.24. The molecule has 198 valence electrons. The number of ketones is 1. The summed E-state index contributed by atoms with van der Waals surface area (Å²) in [6.45, 7) is 2.63. The molecule has 4 rings (SSSR count). The van der Waals surface area contributed by atoms with Crippen molar-refractivity contribution in [1.82, 2.24) is 15.2 Å². The molecule has 1 heterocycles. The van der Waals surface area contributed by atoms with Gasteiger partial charge in [0.2, 0.25) is 0 Å². The molecule has 0 bridgehead atoms. The van der Waals surface area contributed by atoms with Crippen molar-refractivity contribution >= 4 is 22.6 Å². The van der Waals surface area contributed by atoms with Crippen LogP contribution in [0.5, 0.6) is 0 Å². The summed E-state index contributed by atoms with van der Waals surface area (Å²) in [6, 6.07) is 17.3. The fourth-order valence-electron chi connectivity index (χ4n) is 4.61. The highest BCUT2D eigenvalue weighted by Crippen LogP contribution is 2.21. The third-order valence-corrected chi connectivity index (χ3v) is 6.59. The number of aryl methyl sites for hydroxylation is 2. The SMILES string of the molecule is CCc1cccc(CNC[C@H](O)[C@H](Cc2cc(F)cc(F)c2)NC(=O)C(=O)c2cn(C)c3ccccc23)c1. The predicted octanol–water partition coefficient (Wildman–Crippen LogP) is 4.08. The predicted molar refractivity (Wildman–Crippen MR) is 143 cm³/mol. The fraction of sp³-hybridized carbons (Fsp3) is 0.267. The topological polar surface area (TPSA) is 83.4 Å². The molecule has 0 aliphatic rings. The normalized spacial score (nSPS) is 12.9. The number of para-hydroxylation sites is 1. The van der Waals surface area contributed by atoms with Crippen molar-refractivity contribution < 1.29 is 23.5 Å². The number of nitrogens with zero attached hydrogens (tertiary/aromatic N) is 1. The van der Waals surface area contributed by atoms with Gasteiger partial charge in [-0.3, -0.25) is 9.59 Å². The average molecular weight is 520 g/mol. The highest BCUT2D eigenvalue weighted by atomic mass is 19.1. The van der Waals surface area contributed by atoms with E-state index in [1.54, 1.807) is 29.9 Å². The second-order valence-corrected chi connectivity index (χ2v) is 9.43. The molecule has 0 radical (unpaired) electrons. The van der Waals surface area contributed by atoms with E-state index in [0.717, 1.165) is 35.7 Å². The number of aliphatic hydroxyl groups is 1. The molecule has 0 aliphatic carbocycles. The van der Waals surface area contributed by atoms with Gasteiger partial charge in [0.05, 0.1) is 17.7 Å². The number of nitrogens with one attached hydrogen (secondary N) is 2. The number of carbonyl (C=O) groups is 2. The van der Waals surface area contributed by atoms with Crippen LogP contribution in [0.4, 0.5) is 8.78 Å². The van der Waals surface area contributed by atoms with E-state index in [-0.39, 0.29) is 24.1 Å². The van der Waals surface area contributed by atoms with Crippen LogP contribution in [0.3, 0.4) is 0 Å². The number of fused-ring (bicyclic) bond motifs is 1. The van der Waals surface area contributed by atoms with Crippen LogP contribution in [0.15, 0.2) is 72.9 Å². The quantitative estimate of drug-likeness (QED) is 0.206. The van der Waals surface area contributed by atoms with E-state index in [4.69, 9.17) is 0 Å². The van der Waals surface area contributed by atoms with Crippen molar-refractivity contribution in [3.05, 3.63) is 107 Å². The van der Waals surface area contributed by atoms with Gasteiger partial charge >= 0.3 is 0 Å². The Morgan fingerprint density at radius 2 is 1.66 bits per heavy atom. The van der Waals surface area contributed by atoms with E-state index in [1.165, 1.54) is 5.56 Å². The van der Waals surface area contributed by atoms with Crippen LogP contribution in [-0.2, 0) is 31.2 Å². The molecule has 0 saturated carbocycles. The summed E-state index contributed by atoms with van der Waals surface area (Å²) in [4.78, 5) is 26.2. The lowest BCUT2D eigenvalue weighted by Crippen LogP contribution is -2.50. The minimum Gasteiger partial charge on any atom is -0.390 e. The van der Waals surface area contributed by atoms with E-state index in [1.807, 2.05) is 30.3 Å². The number of aromatic nitrogens is 1. The molecule has 38 heavy (non-hydrogen) atoms. The maximum atomic E-state index is 13.8. The van der Waals surface area contributed by atoms with Crippen LogP contribution in [0.25, 0.3) is 10.9 Å². The van der Waals surface area contributed by atoms with Gasteiger partial charge in [0, 0.05) is 43.3 Å². The van der Waals surface area contributed by atoms with Crippen molar-refractivity contribution in [1.29, 1.82) is 0 Å². The molecule has 3 N–H and O–H groups in total. The number of benzene rings is 3. The van der Waals surface area contributed by atoms with E-state index in [9.17, 15) is 23.5 Å². The Labute approximate surface area is 220 Å². The Bertz CT molecular complexity index is 1430. The number of halogens is 2. The van der Waals surface area contributed by atoms with Gasteiger partial charge in [-0.1, -0.05) is 49.4 Å². The van der Waals surface area contributed by atoms with E-state index >= 15 is 0 Å². The van der Waals surface area contributed by atoms with Gasteiger partial charge in [0.15, 0.2) is 0 Å². The maximum absolute atomic E-state index is 13.8. The second-order valence-electron chi connectivity index (χ2n) is 9.43. The summed E-state index contributed by atoms with van der Waals surface area (Å²) in [5.74, 6) is -3.19. The molecule has 0 aliphatic heterocycles. The third kappa shape index (κ3) is 6.51. The van der Waals surface area contributed by atoms with Gasteiger partial charge in [-0.15, -0.1) is 0 Å². The number of Topliss-reactive ketones (excluding diaryl/α,β-unsaturated/α-hetero) is 1. The summed E-state index contributed by atoms with van der Waals surface area (Å²) < 4.78 is 29.4. The Hall–Kier alpha value is -3.88. The molecule has 1 aromatic heterocycles. The van der Waals surface area contributed by atoms with Gasteiger partial charge < -0.3 is 20.3 Å². The zero-order valence-corrected chi connectivity index (χ0v) is 21.4. The van der Waals surface area contributed by atoms with Gasteiger partial charge in [0.1, 0.15) is 11.6 Å². The summed E-state index contributed by atoms with van der Waals surface area (Å²) in [7, 11) is 1.78. The first kappa shape index (κ1) is 27.2. The molecule has 4 aromatic rings. The number of hydrogen-bond acceptors (Lipinski definition) is 4. The first-order chi connectivity index (χ1) is 18.2. The van der Waals surface area contributed by atoms with Crippen LogP contribution >= 0.6 is 0 Å². The van der Waals surface area contributed by atoms with Gasteiger partial charge in [-0.25, -0.2) is 8.78 Å². The minimum absolute atomic E-state index is 0.0720. The number of hydrogen-bond donors (Lipinski definition) is 3. The Morgan fingerprint density at radius 1 is 0.947 bits per heavy atom. The lowest BCUT2D eigenvalue weighted by molar-refractivity contribution is -0.118. The second kappa shape index (κ2) is 12.1. The molecule has 0 saturated heterocycles. The molecule has 0 fully saturated rings. The van der Waals surface area contributed by atoms with E-state index in [2.05, 4.69) is 23.6 Å². The van der Waals surface area contributed by atoms with Crippen LogP contribution in [0.1, 0.15) is 34.0 Å². The summed E-state index contributed by atoms with van der Waals surface area (Å²) in [5.41, 5.74) is 3.51. The maximum Gasteiger partial charge on any atom is 0.292 e. The molecule has 3 aromatic carbocycles. The number of rotatable bonds is 11. The minimum atomic E-state index is -1.14. The number of amides is 1. The van der Waals surface area contributed by atoms with Crippen molar-refractivity contribution in [2.75, 3.05) is 6.54 Å².